The van der Waals surface area contributed by atoms with E-state index in [1.54, 1.807) is 0 Å². The van der Waals surface area contributed by atoms with Crippen molar-refractivity contribution < 1.29 is 0 Å². The largest absolute Gasteiger partial charge is 0.357 e. The average Bonchev–Trinajstić information content (AvgIpc) is 2.98. The zero-order valence-corrected chi connectivity index (χ0v) is 22.6. The summed E-state index contributed by atoms with van der Waals surface area (Å²) >= 11 is 1.98. The van der Waals surface area contributed by atoms with Crippen molar-refractivity contribution in [1.29, 1.82) is 0 Å². The predicted molar refractivity (Wildman–Crippen MR) is 170 cm³/mol. The molecule has 0 radical (unpaired) electrons. The van der Waals surface area contributed by atoms with Crippen LogP contribution >= 0.6 is 11.8 Å². The lowest BCUT2D eigenvalue weighted by Gasteiger charge is -2.33. The molecule has 0 unspecified atom stereocenters. The van der Waals surface area contributed by atoms with Gasteiger partial charge in [-0.05, 0) is 68.1 Å². The Hall–Kier alpha value is -4.27. The van der Waals surface area contributed by atoms with E-state index in [2.05, 4.69) is 133 Å². The minimum atomic E-state index is 0.901. The van der Waals surface area contributed by atoms with Crippen molar-refractivity contribution in [3.8, 4) is 11.1 Å². The van der Waals surface area contributed by atoms with Crippen LogP contribution in [0.1, 0.15) is 11.1 Å². The zero-order valence-electron chi connectivity index (χ0n) is 21.8. The van der Waals surface area contributed by atoms with E-state index < -0.39 is 0 Å². The summed E-state index contributed by atoms with van der Waals surface area (Å²) in [5.41, 5.74) is 6.80. The van der Waals surface area contributed by atoms with E-state index in [0.717, 1.165) is 12.4 Å². The number of benzene rings is 7. The number of aryl methyl sites for hydroxylation is 1. The Kier molecular flexibility index (Phi) is 5.18. The van der Waals surface area contributed by atoms with Gasteiger partial charge in [-0.1, -0.05) is 115 Å². The van der Waals surface area contributed by atoms with E-state index in [4.69, 9.17) is 0 Å². The zero-order chi connectivity index (χ0) is 25.9. The number of nitrogens with zero attached hydrogens (tertiary/aromatic N) is 1. The molecule has 0 N–H and O–H groups in total. The van der Waals surface area contributed by atoms with Crippen LogP contribution < -0.4 is 4.90 Å². The molecule has 0 saturated carbocycles. The average molecular weight is 518 g/mol. The molecule has 0 atom stereocenters. The van der Waals surface area contributed by atoms with Crippen LogP contribution in [-0.2, 0) is 6.54 Å². The standard InChI is InChI=1S/C37H27NS/c1-24-18-29-22-38(36-32-16-8-4-12-27(32)21-28-13-5-9-17-33(28)36)23-39-37(29)34(19-24)35-30-14-6-2-10-25(30)20-26-11-3-7-15-31(26)35/h2-21H,22-23H2,1H3. The van der Waals surface area contributed by atoms with Crippen molar-refractivity contribution in [3.05, 3.63) is 132 Å². The molecule has 0 saturated heterocycles. The van der Waals surface area contributed by atoms with Gasteiger partial charge in [0.05, 0.1) is 11.6 Å². The van der Waals surface area contributed by atoms with Crippen LogP contribution in [0.2, 0.25) is 0 Å². The van der Waals surface area contributed by atoms with E-state index in [9.17, 15) is 0 Å². The normalized spacial score (nSPS) is 13.4. The Labute approximate surface area is 232 Å². The van der Waals surface area contributed by atoms with Gasteiger partial charge in [0.2, 0.25) is 0 Å². The van der Waals surface area contributed by atoms with Crippen LogP contribution in [0.4, 0.5) is 5.69 Å². The molecule has 0 fully saturated rings. The van der Waals surface area contributed by atoms with Crippen LogP contribution in [0.5, 0.6) is 0 Å². The molecule has 186 valence electrons. The predicted octanol–water partition coefficient (Wildman–Crippen LogP) is 10.3. The monoisotopic (exact) mass is 517 g/mol. The van der Waals surface area contributed by atoms with E-state index in [1.165, 1.54) is 75.9 Å². The molecule has 39 heavy (non-hydrogen) atoms. The molecule has 1 heterocycles. The second-order valence-corrected chi connectivity index (χ2v) is 11.6. The maximum absolute atomic E-state index is 2.59. The topological polar surface area (TPSA) is 3.24 Å². The van der Waals surface area contributed by atoms with Gasteiger partial charge in [0.25, 0.3) is 0 Å². The SMILES string of the molecule is Cc1cc2c(c(-c3c4ccccc4cc4ccccc34)c1)SCN(c1c3ccccc3cc3ccccc13)C2. The summed E-state index contributed by atoms with van der Waals surface area (Å²) in [5.74, 6) is 0.920. The summed E-state index contributed by atoms with van der Waals surface area (Å²) < 4.78 is 0. The first-order valence-electron chi connectivity index (χ1n) is 13.6. The third kappa shape index (κ3) is 3.63. The molecule has 0 spiro atoms. The van der Waals surface area contributed by atoms with E-state index in [-0.39, 0.29) is 0 Å². The lowest BCUT2D eigenvalue weighted by Crippen LogP contribution is -2.26. The molecule has 2 heteroatoms. The molecule has 8 rings (SSSR count). The molecule has 0 aromatic heterocycles. The van der Waals surface area contributed by atoms with Gasteiger partial charge in [0.15, 0.2) is 0 Å². The summed E-state index contributed by atoms with van der Waals surface area (Å²) in [4.78, 5) is 4.00. The number of hydrogen-bond donors (Lipinski definition) is 0. The van der Waals surface area contributed by atoms with Gasteiger partial charge < -0.3 is 4.90 Å². The van der Waals surface area contributed by atoms with Crippen molar-refractivity contribution >= 4 is 60.5 Å². The minimum absolute atomic E-state index is 0.901. The lowest BCUT2D eigenvalue weighted by atomic mass is 9.90. The van der Waals surface area contributed by atoms with E-state index in [0.29, 0.717) is 0 Å². The first-order valence-corrected chi connectivity index (χ1v) is 14.6. The molecule has 0 aliphatic carbocycles. The molecule has 7 aromatic rings. The highest BCUT2D eigenvalue weighted by Gasteiger charge is 2.25. The van der Waals surface area contributed by atoms with Crippen molar-refractivity contribution in [2.75, 3.05) is 10.8 Å². The van der Waals surface area contributed by atoms with Crippen LogP contribution in [-0.4, -0.2) is 5.88 Å². The molecular weight excluding hydrogens is 490 g/mol. The number of rotatable bonds is 2. The van der Waals surface area contributed by atoms with Crippen molar-refractivity contribution in [3.63, 3.8) is 0 Å². The second kappa shape index (κ2) is 8.90. The minimum Gasteiger partial charge on any atom is -0.357 e. The van der Waals surface area contributed by atoms with Crippen molar-refractivity contribution in [1.82, 2.24) is 0 Å². The Bertz CT molecular complexity index is 1970. The molecule has 0 bridgehead atoms. The highest BCUT2D eigenvalue weighted by atomic mass is 32.2. The third-order valence-corrected chi connectivity index (χ3v) is 9.35. The van der Waals surface area contributed by atoms with Gasteiger partial charge >= 0.3 is 0 Å². The number of fused-ring (bicyclic) bond motifs is 5. The lowest BCUT2D eigenvalue weighted by molar-refractivity contribution is 0.873. The summed E-state index contributed by atoms with van der Waals surface area (Å²) in [6.45, 7) is 3.14. The van der Waals surface area contributed by atoms with Gasteiger partial charge in [-0.15, -0.1) is 11.8 Å². The first kappa shape index (κ1) is 22.7. The first-order chi connectivity index (χ1) is 19.2. The Morgan fingerprint density at radius 2 is 1.05 bits per heavy atom. The summed E-state index contributed by atoms with van der Waals surface area (Å²) in [6.07, 6.45) is 0. The maximum Gasteiger partial charge on any atom is 0.0690 e. The summed E-state index contributed by atoms with van der Waals surface area (Å²) in [6, 6.07) is 44.8. The van der Waals surface area contributed by atoms with Gasteiger partial charge in [0, 0.05) is 22.2 Å². The highest BCUT2D eigenvalue weighted by Crippen LogP contribution is 2.47. The van der Waals surface area contributed by atoms with Crippen LogP contribution in [0.3, 0.4) is 0 Å². The fourth-order valence-corrected chi connectivity index (χ4v) is 7.62. The Balaban J connectivity index is 1.34. The van der Waals surface area contributed by atoms with E-state index in [1.807, 2.05) is 11.8 Å². The van der Waals surface area contributed by atoms with Crippen molar-refractivity contribution in [2.45, 2.75) is 18.4 Å². The molecule has 1 nitrogen and oxygen atoms in total. The molecular formula is C37H27NS. The number of hydrogen-bond acceptors (Lipinski definition) is 2. The van der Waals surface area contributed by atoms with Crippen LogP contribution in [0.15, 0.2) is 126 Å². The summed E-state index contributed by atoms with van der Waals surface area (Å²) in [5, 5.41) is 10.5. The number of anilines is 1. The van der Waals surface area contributed by atoms with E-state index >= 15 is 0 Å². The van der Waals surface area contributed by atoms with Crippen molar-refractivity contribution in [2.24, 2.45) is 0 Å². The van der Waals surface area contributed by atoms with Gasteiger partial charge in [-0.2, -0.15) is 0 Å². The third-order valence-electron chi connectivity index (χ3n) is 8.14. The van der Waals surface area contributed by atoms with Gasteiger partial charge in [-0.3, -0.25) is 0 Å². The molecule has 7 aromatic carbocycles. The van der Waals surface area contributed by atoms with Crippen LogP contribution in [0, 0.1) is 6.92 Å². The smallest absolute Gasteiger partial charge is 0.0690 e. The second-order valence-electron chi connectivity index (χ2n) is 10.6. The molecule has 1 aliphatic heterocycles. The highest BCUT2D eigenvalue weighted by molar-refractivity contribution is 7.99. The fraction of sp³-hybridized carbons (Fsp3) is 0.0811. The quantitative estimate of drug-likeness (QED) is 0.210. The summed E-state index contributed by atoms with van der Waals surface area (Å²) in [7, 11) is 0. The fourth-order valence-electron chi connectivity index (χ4n) is 6.49. The van der Waals surface area contributed by atoms with Crippen LogP contribution in [0.25, 0.3) is 54.2 Å². The van der Waals surface area contributed by atoms with Gasteiger partial charge in [-0.25, -0.2) is 0 Å². The Morgan fingerprint density at radius 1 is 0.564 bits per heavy atom. The molecule has 0 amide bonds. The van der Waals surface area contributed by atoms with Gasteiger partial charge in [0.1, 0.15) is 0 Å². The Morgan fingerprint density at radius 3 is 1.62 bits per heavy atom. The number of thioether (sulfide) groups is 1. The maximum atomic E-state index is 2.59. The molecule has 1 aliphatic rings.